The summed E-state index contributed by atoms with van der Waals surface area (Å²) in [6, 6.07) is 63.0. The molecule has 1 aliphatic carbocycles. The first-order valence-corrected chi connectivity index (χ1v) is 17.8. The highest BCUT2D eigenvalue weighted by Gasteiger charge is 2.31. The van der Waals surface area contributed by atoms with Gasteiger partial charge >= 0.3 is 0 Å². The van der Waals surface area contributed by atoms with Gasteiger partial charge in [0.2, 0.25) is 0 Å². The summed E-state index contributed by atoms with van der Waals surface area (Å²) in [5, 5.41) is 10.5. The molecule has 0 spiro atoms. The van der Waals surface area contributed by atoms with Crippen molar-refractivity contribution in [3.05, 3.63) is 170 Å². The largest absolute Gasteiger partial charge is 0.135 e. The van der Waals surface area contributed by atoms with Crippen LogP contribution in [-0.2, 0) is 0 Å². The van der Waals surface area contributed by atoms with Crippen LogP contribution in [-0.4, -0.2) is 0 Å². The first kappa shape index (κ1) is 27.0. The SMILES string of the molecule is c1ccc(-c2c3c(c(-c4ccccc4)c4ccccc24)-c2ccc(-c4cc5ccccc5c5c4sc4ccccc45)c4cccc-3c24)cc1. The minimum absolute atomic E-state index is 1.25. The average molecular weight is 637 g/mol. The zero-order chi connectivity index (χ0) is 32.1. The Bertz CT molecular complexity index is 2870. The fourth-order valence-electron chi connectivity index (χ4n) is 8.62. The van der Waals surface area contributed by atoms with Gasteiger partial charge in [-0.1, -0.05) is 158 Å². The van der Waals surface area contributed by atoms with Gasteiger partial charge in [0.05, 0.1) is 0 Å². The maximum Gasteiger partial charge on any atom is 0.0440 e. The molecule has 0 fully saturated rings. The van der Waals surface area contributed by atoms with Crippen molar-refractivity contribution in [2.24, 2.45) is 0 Å². The Balaban J connectivity index is 1.30. The van der Waals surface area contributed by atoms with Crippen molar-refractivity contribution in [2.45, 2.75) is 0 Å². The zero-order valence-corrected chi connectivity index (χ0v) is 27.4. The van der Waals surface area contributed by atoms with E-state index in [4.69, 9.17) is 0 Å². The Morgan fingerprint density at radius 2 is 0.837 bits per heavy atom. The molecule has 0 saturated heterocycles. The summed E-state index contributed by atoms with van der Waals surface area (Å²) >= 11 is 1.92. The summed E-state index contributed by atoms with van der Waals surface area (Å²) in [6.45, 7) is 0. The fourth-order valence-corrected chi connectivity index (χ4v) is 9.87. The van der Waals surface area contributed by atoms with Gasteiger partial charge in [-0.3, -0.25) is 0 Å². The normalized spacial score (nSPS) is 12.1. The number of benzene rings is 9. The van der Waals surface area contributed by atoms with Crippen LogP contribution in [0, 0.1) is 0 Å². The summed E-state index contributed by atoms with van der Waals surface area (Å²) in [4.78, 5) is 0. The van der Waals surface area contributed by atoms with Gasteiger partial charge in [-0.15, -0.1) is 11.3 Å². The minimum Gasteiger partial charge on any atom is -0.135 e. The van der Waals surface area contributed by atoms with Gasteiger partial charge in [0.15, 0.2) is 0 Å². The molecule has 0 N–H and O–H groups in total. The van der Waals surface area contributed by atoms with E-state index in [1.807, 2.05) is 11.3 Å². The monoisotopic (exact) mass is 636 g/mol. The second-order valence-electron chi connectivity index (χ2n) is 13.1. The van der Waals surface area contributed by atoms with Crippen molar-refractivity contribution < 1.29 is 0 Å². The Morgan fingerprint density at radius 1 is 0.306 bits per heavy atom. The highest BCUT2D eigenvalue weighted by Crippen LogP contribution is 2.59. The molecule has 0 atom stereocenters. The molecular weight excluding hydrogens is 609 g/mol. The van der Waals surface area contributed by atoms with Gasteiger partial charge in [0.25, 0.3) is 0 Å². The molecule has 0 radical (unpaired) electrons. The molecule has 0 saturated carbocycles. The van der Waals surface area contributed by atoms with E-state index < -0.39 is 0 Å². The molecule has 226 valence electrons. The van der Waals surface area contributed by atoms with E-state index in [-0.39, 0.29) is 0 Å². The first-order valence-electron chi connectivity index (χ1n) is 16.9. The van der Waals surface area contributed by atoms with Gasteiger partial charge in [0, 0.05) is 25.7 Å². The van der Waals surface area contributed by atoms with E-state index in [0.29, 0.717) is 0 Å². The van der Waals surface area contributed by atoms with E-state index >= 15 is 0 Å². The van der Waals surface area contributed by atoms with Crippen molar-refractivity contribution in [3.63, 3.8) is 0 Å². The van der Waals surface area contributed by atoms with Crippen molar-refractivity contribution >= 4 is 63.8 Å². The summed E-state index contributed by atoms with van der Waals surface area (Å²) < 4.78 is 2.69. The standard InChI is InChI=1S/C48H28S/c1-3-14-29(15-4-1)42-35-20-9-10-21-36(35)43(30-16-5-2-6-17-30)47-39-27-26-33(34-23-13-24-38(44(34)39)46(42)47)40-28-31-18-7-8-19-32(31)45-37-22-11-12-25-41(37)49-48(40)45/h1-28H. The van der Waals surface area contributed by atoms with Gasteiger partial charge in [-0.25, -0.2) is 0 Å². The maximum atomic E-state index is 2.43. The lowest BCUT2D eigenvalue weighted by atomic mass is 9.82. The molecule has 1 aromatic heterocycles. The van der Waals surface area contributed by atoms with Crippen LogP contribution in [0.3, 0.4) is 0 Å². The third-order valence-electron chi connectivity index (χ3n) is 10.6. The number of fused-ring (bicyclic) bond motifs is 9. The predicted molar refractivity (Wildman–Crippen MR) is 213 cm³/mol. The maximum absolute atomic E-state index is 2.43. The lowest BCUT2D eigenvalue weighted by Gasteiger charge is -2.20. The third-order valence-corrected chi connectivity index (χ3v) is 11.8. The number of rotatable bonds is 3. The van der Waals surface area contributed by atoms with Gasteiger partial charge in [-0.2, -0.15) is 0 Å². The van der Waals surface area contributed by atoms with Gasteiger partial charge in [0.1, 0.15) is 0 Å². The zero-order valence-electron chi connectivity index (χ0n) is 26.6. The molecule has 1 heterocycles. The highest BCUT2D eigenvalue weighted by atomic mass is 32.1. The third kappa shape index (κ3) is 3.74. The molecule has 0 amide bonds. The molecule has 0 nitrogen and oxygen atoms in total. The Hall–Kier alpha value is -6.02. The predicted octanol–water partition coefficient (Wildman–Crippen LogP) is 14.2. The summed E-state index contributed by atoms with van der Waals surface area (Å²) in [5.41, 5.74) is 13.1. The number of thiophene rings is 1. The summed E-state index contributed by atoms with van der Waals surface area (Å²) in [6.07, 6.45) is 0. The van der Waals surface area contributed by atoms with Crippen molar-refractivity contribution in [1.82, 2.24) is 0 Å². The first-order chi connectivity index (χ1) is 24.3. The molecule has 11 rings (SSSR count). The quantitative estimate of drug-likeness (QED) is 0.181. The summed E-state index contributed by atoms with van der Waals surface area (Å²) in [5.74, 6) is 0. The molecule has 0 unspecified atom stereocenters. The minimum atomic E-state index is 1.25. The van der Waals surface area contributed by atoms with Gasteiger partial charge < -0.3 is 0 Å². The van der Waals surface area contributed by atoms with Crippen LogP contribution >= 0.6 is 11.3 Å². The second kappa shape index (κ2) is 10.2. The van der Waals surface area contributed by atoms with E-state index in [9.17, 15) is 0 Å². The van der Waals surface area contributed by atoms with Crippen LogP contribution in [0.25, 0.3) is 108 Å². The number of hydrogen-bond donors (Lipinski definition) is 0. The van der Waals surface area contributed by atoms with E-state index in [1.54, 1.807) is 0 Å². The molecule has 10 aromatic rings. The number of hydrogen-bond acceptors (Lipinski definition) is 1. The van der Waals surface area contributed by atoms with Crippen molar-refractivity contribution in [2.75, 3.05) is 0 Å². The second-order valence-corrected chi connectivity index (χ2v) is 14.2. The van der Waals surface area contributed by atoms with Crippen molar-refractivity contribution in [1.29, 1.82) is 0 Å². The molecular formula is C48H28S. The van der Waals surface area contributed by atoms with E-state index in [2.05, 4.69) is 170 Å². The Morgan fingerprint density at radius 3 is 1.53 bits per heavy atom. The van der Waals surface area contributed by atoms with Crippen LogP contribution in [0.15, 0.2) is 170 Å². The topological polar surface area (TPSA) is 0 Å². The Kier molecular flexibility index (Phi) is 5.64. The molecule has 1 heteroatoms. The van der Waals surface area contributed by atoms with Crippen molar-refractivity contribution in [3.8, 4) is 55.6 Å². The van der Waals surface area contributed by atoms with Crippen LogP contribution < -0.4 is 0 Å². The van der Waals surface area contributed by atoms with Gasteiger partial charge in [-0.05, 0) is 94.5 Å². The fraction of sp³-hybridized carbons (Fsp3) is 0. The van der Waals surface area contributed by atoms with Crippen LogP contribution in [0.4, 0.5) is 0 Å². The van der Waals surface area contributed by atoms with E-state index in [0.717, 1.165) is 0 Å². The highest BCUT2D eigenvalue weighted by molar-refractivity contribution is 7.26. The molecule has 0 bridgehead atoms. The average Bonchev–Trinajstić information content (AvgIpc) is 3.72. The summed E-state index contributed by atoms with van der Waals surface area (Å²) in [7, 11) is 0. The molecule has 9 aromatic carbocycles. The molecule has 0 aliphatic heterocycles. The Labute approximate surface area is 288 Å². The van der Waals surface area contributed by atoms with Crippen LogP contribution in [0.1, 0.15) is 0 Å². The van der Waals surface area contributed by atoms with Crippen LogP contribution in [0.2, 0.25) is 0 Å². The van der Waals surface area contributed by atoms with E-state index in [1.165, 1.54) is 108 Å². The molecule has 49 heavy (non-hydrogen) atoms. The lowest BCUT2D eigenvalue weighted by Crippen LogP contribution is -1.93. The molecule has 1 aliphatic rings. The lowest BCUT2D eigenvalue weighted by molar-refractivity contribution is 1.62. The smallest absolute Gasteiger partial charge is 0.0440 e. The van der Waals surface area contributed by atoms with Crippen LogP contribution in [0.5, 0.6) is 0 Å².